The summed E-state index contributed by atoms with van der Waals surface area (Å²) >= 11 is 0. The van der Waals surface area contributed by atoms with Crippen molar-refractivity contribution in [3.63, 3.8) is 0 Å². The summed E-state index contributed by atoms with van der Waals surface area (Å²) in [5.74, 6) is 1.49. The largest absolute Gasteiger partial charge is 0.492 e. The van der Waals surface area contributed by atoms with Gasteiger partial charge in [0.05, 0.1) is 35.9 Å². The summed E-state index contributed by atoms with van der Waals surface area (Å²) in [7, 11) is 0. The molecule has 1 aliphatic heterocycles. The molecule has 8 nitrogen and oxygen atoms in total. The van der Waals surface area contributed by atoms with Gasteiger partial charge in [-0.3, -0.25) is 9.69 Å². The van der Waals surface area contributed by atoms with E-state index in [4.69, 9.17) is 9.84 Å². The predicted octanol–water partition coefficient (Wildman–Crippen LogP) is 3.04. The summed E-state index contributed by atoms with van der Waals surface area (Å²) in [6, 6.07) is 13.4. The maximum atomic E-state index is 12.6. The molecular formula is C24H30N6O2. The van der Waals surface area contributed by atoms with Gasteiger partial charge in [-0.1, -0.05) is 18.2 Å². The summed E-state index contributed by atoms with van der Waals surface area (Å²) in [5, 5.41) is 7.70. The van der Waals surface area contributed by atoms with Gasteiger partial charge in [-0.15, -0.1) is 0 Å². The van der Waals surface area contributed by atoms with E-state index in [2.05, 4.69) is 27.0 Å². The third kappa shape index (κ3) is 4.75. The van der Waals surface area contributed by atoms with Crippen molar-refractivity contribution in [2.24, 2.45) is 0 Å². The van der Waals surface area contributed by atoms with Crippen molar-refractivity contribution in [2.45, 2.75) is 20.8 Å². The van der Waals surface area contributed by atoms with Crippen LogP contribution in [0.5, 0.6) is 5.75 Å². The number of rotatable bonds is 7. The molecule has 1 amide bonds. The molecule has 0 aliphatic carbocycles. The molecule has 2 aromatic heterocycles. The molecule has 3 aromatic rings. The molecule has 32 heavy (non-hydrogen) atoms. The van der Waals surface area contributed by atoms with E-state index in [1.807, 2.05) is 61.0 Å². The zero-order chi connectivity index (χ0) is 22.5. The number of aryl methyl sites for hydroxylation is 1. The highest BCUT2D eigenvalue weighted by atomic mass is 16.5. The van der Waals surface area contributed by atoms with Gasteiger partial charge in [0, 0.05) is 32.4 Å². The molecule has 4 rings (SSSR count). The number of para-hydroxylation sites is 2. The first-order valence-corrected chi connectivity index (χ1v) is 11.0. The van der Waals surface area contributed by atoms with Crippen LogP contribution in [0.25, 0.3) is 5.82 Å². The number of anilines is 2. The van der Waals surface area contributed by atoms with Gasteiger partial charge >= 0.3 is 0 Å². The average Bonchev–Trinajstić information content (AvgIpc) is 3.10. The Bertz CT molecular complexity index is 1060. The van der Waals surface area contributed by atoms with Gasteiger partial charge in [0.1, 0.15) is 5.75 Å². The van der Waals surface area contributed by atoms with Crippen molar-refractivity contribution in [1.29, 1.82) is 0 Å². The van der Waals surface area contributed by atoms with Crippen LogP contribution in [0.1, 0.15) is 18.3 Å². The fraction of sp³-hybridized carbons (Fsp3) is 0.375. The van der Waals surface area contributed by atoms with Gasteiger partial charge in [-0.25, -0.2) is 9.67 Å². The normalized spacial score (nSPS) is 14.4. The minimum Gasteiger partial charge on any atom is -0.492 e. The van der Waals surface area contributed by atoms with Crippen LogP contribution in [-0.2, 0) is 4.79 Å². The number of hydrogen-bond donors (Lipinski definition) is 1. The Hall–Kier alpha value is -3.39. The van der Waals surface area contributed by atoms with Crippen LogP contribution in [0.3, 0.4) is 0 Å². The number of pyridine rings is 1. The summed E-state index contributed by atoms with van der Waals surface area (Å²) in [4.78, 5) is 21.6. The van der Waals surface area contributed by atoms with E-state index in [1.54, 1.807) is 6.20 Å². The third-order valence-electron chi connectivity index (χ3n) is 5.64. The van der Waals surface area contributed by atoms with Crippen LogP contribution in [-0.4, -0.2) is 64.9 Å². The molecule has 0 saturated carbocycles. The number of ether oxygens (including phenoxy) is 1. The van der Waals surface area contributed by atoms with E-state index < -0.39 is 0 Å². The summed E-state index contributed by atoms with van der Waals surface area (Å²) in [6.45, 7) is 10.3. The number of piperazine rings is 1. The molecule has 0 bridgehead atoms. The Morgan fingerprint density at radius 3 is 2.53 bits per heavy atom. The van der Waals surface area contributed by atoms with Gasteiger partial charge in [-0.2, -0.15) is 5.10 Å². The summed E-state index contributed by atoms with van der Waals surface area (Å²) in [5.41, 5.74) is 3.95. The highest BCUT2D eigenvalue weighted by Gasteiger charge is 2.24. The average molecular weight is 435 g/mol. The molecule has 3 heterocycles. The maximum Gasteiger partial charge on any atom is 0.238 e. The fourth-order valence-electron chi connectivity index (χ4n) is 4.17. The van der Waals surface area contributed by atoms with Crippen molar-refractivity contribution in [1.82, 2.24) is 19.7 Å². The number of hydrogen-bond acceptors (Lipinski definition) is 6. The van der Waals surface area contributed by atoms with Crippen LogP contribution in [0, 0.1) is 13.8 Å². The van der Waals surface area contributed by atoms with E-state index in [0.717, 1.165) is 49.1 Å². The SMILES string of the molecule is CCOc1ccccc1NC(=O)CN1CCN(c2c(C)nn(-c3ccccn3)c2C)CC1. The first-order valence-electron chi connectivity index (χ1n) is 11.0. The predicted molar refractivity (Wildman–Crippen MR) is 126 cm³/mol. The topological polar surface area (TPSA) is 75.5 Å². The Labute approximate surface area is 188 Å². The number of carbonyl (C=O) groups excluding carboxylic acids is 1. The third-order valence-corrected chi connectivity index (χ3v) is 5.64. The highest BCUT2D eigenvalue weighted by molar-refractivity contribution is 5.93. The Morgan fingerprint density at radius 2 is 1.81 bits per heavy atom. The number of benzene rings is 1. The summed E-state index contributed by atoms with van der Waals surface area (Å²) in [6.07, 6.45) is 1.78. The molecule has 1 saturated heterocycles. The lowest BCUT2D eigenvalue weighted by atomic mass is 10.2. The van der Waals surface area contributed by atoms with Crippen LogP contribution < -0.4 is 15.0 Å². The number of aromatic nitrogens is 3. The van der Waals surface area contributed by atoms with Crippen LogP contribution in [0.4, 0.5) is 11.4 Å². The number of nitrogens with one attached hydrogen (secondary N) is 1. The Morgan fingerprint density at radius 1 is 1.06 bits per heavy atom. The van der Waals surface area contributed by atoms with Gasteiger partial charge < -0.3 is 15.0 Å². The van der Waals surface area contributed by atoms with Crippen molar-refractivity contribution >= 4 is 17.3 Å². The Balaban J connectivity index is 1.36. The second-order valence-corrected chi connectivity index (χ2v) is 7.86. The van der Waals surface area contributed by atoms with E-state index in [0.29, 0.717) is 24.6 Å². The van der Waals surface area contributed by atoms with Crippen molar-refractivity contribution in [3.8, 4) is 11.6 Å². The maximum absolute atomic E-state index is 12.6. The van der Waals surface area contributed by atoms with Gasteiger partial charge in [0.25, 0.3) is 0 Å². The first-order chi connectivity index (χ1) is 15.6. The molecular weight excluding hydrogens is 404 g/mol. The van der Waals surface area contributed by atoms with Crippen LogP contribution >= 0.6 is 0 Å². The molecule has 1 fully saturated rings. The van der Waals surface area contributed by atoms with Crippen LogP contribution in [0.2, 0.25) is 0 Å². The highest BCUT2D eigenvalue weighted by Crippen LogP contribution is 2.27. The monoisotopic (exact) mass is 434 g/mol. The van der Waals surface area contributed by atoms with E-state index in [-0.39, 0.29) is 5.91 Å². The minimum absolute atomic E-state index is 0.0269. The van der Waals surface area contributed by atoms with Gasteiger partial charge in [-0.05, 0) is 45.0 Å². The minimum atomic E-state index is -0.0269. The van der Waals surface area contributed by atoms with E-state index in [9.17, 15) is 4.79 Å². The molecule has 1 N–H and O–H groups in total. The lowest BCUT2D eigenvalue weighted by Gasteiger charge is -2.35. The number of carbonyl (C=O) groups is 1. The Kier molecular flexibility index (Phi) is 6.70. The lowest BCUT2D eigenvalue weighted by molar-refractivity contribution is -0.117. The molecule has 0 radical (unpaired) electrons. The smallest absolute Gasteiger partial charge is 0.238 e. The van der Waals surface area contributed by atoms with E-state index >= 15 is 0 Å². The summed E-state index contributed by atoms with van der Waals surface area (Å²) < 4.78 is 7.50. The van der Waals surface area contributed by atoms with Crippen molar-refractivity contribution in [2.75, 3.05) is 49.5 Å². The first kappa shape index (κ1) is 21.8. The molecule has 1 aromatic carbocycles. The van der Waals surface area contributed by atoms with Gasteiger partial charge in [0.15, 0.2) is 5.82 Å². The number of nitrogens with zero attached hydrogens (tertiary/aromatic N) is 5. The lowest BCUT2D eigenvalue weighted by Crippen LogP contribution is -2.49. The van der Waals surface area contributed by atoms with Crippen molar-refractivity contribution in [3.05, 3.63) is 60.0 Å². The van der Waals surface area contributed by atoms with E-state index in [1.165, 1.54) is 0 Å². The fourth-order valence-corrected chi connectivity index (χ4v) is 4.17. The molecule has 0 unspecified atom stereocenters. The van der Waals surface area contributed by atoms with Crippen molar-refractivity contribution < 1.29 is 9.53 Å². The zero-order valence-electron chi connectivity index (χ0n) is 18.9. The number of amides is 1. The second kappa shape index (κ2) is 9.82. The molecule has 1 aliphatic rings. The molecule has 0 spiro atoms. The standard InChI is InChI=1S/C24H30N6O2/c1-4-32-21-10-6-5-9-20(21)26-23(31)17-28-13-15-29(16-14-28)24-18(2)27-30(19(24)3)22-11-7-8-12-25-22/h5-12H,4,13-17H2,1-3H3,(H,26,31). The van der Waals surface area contributed by atoms with Crippen LogP contribution in [0.15, 0.2) is 48.7 Å². The van der Waals surface area contributed by atoms with Gasteiger partial charge in [0.2, 0.25) is 5.91 Å². The molecule has 168 valence electrons. The quantitative estimate of drug-likeness (QED) is 0.616. The zero-order valence-corrected chi connectivity index (χ0v) is 18.9. The molecule has 0 atom stereocenters. The second-order valence-electron chi connectivity index (χ2n) is 7.86. The molecule has 8 heteroatoms.